The second-order valence-corrected chi connectivity index (χ2v) is 6.28. The van der Waals surface area contributed by atoms with E-state index in [1.807, 2.05) is 54.6 Å². The van der Waals surface area contributed by atoms with E-state index in [0.717, 1.165) is 28.6 Å². The monoisotopic (exact) mass is 336 g/mol. The van der Waals surface area contributed by atoms with Crippen LogP contribution in [0.25, 0.3) is 11.0 Å². The first-order valence-corrected chi connectivity index (χ1v) is 8.61. The number of ether oxygens (including phenoxy) is 1. The van der Waals surface area contributed by atoms with Crippen LogP contribution in [0.3, 0.4) is 0 Å². The second-order valence-electron chi connectivity index (χ2n) is 6.28. The van der Waals surface area contributed by atoms with E-state index in [1.54, 1.807) is 0 Å². The summed E-state index contributed by atoms with van der Waals surface area (Å²) in [5.74, 6) is -0.0796. The van der Waals surface area contributed by atoms with Gasteiger partial charge in [0.05, 0.1) is 5.69 Å². The van der Waals surface area contributed by atoms with Gasteiger partial charge < -0.3 is 14.6 Å². The quantitative estimate of drug-likeness (QED) is 0.777. The van der Waals surface area contributed by atoms with E-state index in [-0.39, 0.29) is 5.91 Å². The van der Waals surface area contributed by atoms with Crippen LogP contribution in [0.15, 0.2) is 59.1 Å². The van der Waals surface area contributed by atoms with Crippen LogP contribution in [0.2, 0.25) is 0 Å². The van der Waals surface area contributed by atoms with Crippen molar-refractivity contribution in [1.82, 2.24) is 10.5 Å². The zero-order valence-corrected chi connectivity index (χ0v) is 13.9. The maximum Gasteiger partial charge on any atom is 0.256 e. The lowest BCUT2D eigenvalue weighted by Crippen LogP contribution is -2.44. The van der Waals surface area contributed by atoms with Crippen LogP contribution >= 0.6 is 0 Å². The van der Waals surface area contributed by atoms with E-state index in [9.17, 15) is 4.79 Å². The maximum absolute atomic E-state index is 12.9. The summed E-state index contributed by atoms with van der Waals surface area (Å²) in [6.07, 6.45) is 2.21. The van der Waals surface area contributed by atoms with Crippen molar-refractivity contribution in [2.24, 2.45) is 0 Å². The summed E-state index contributed by atoms with van der Waals surface area (Å²) >= 11 is 0. The normalized spacial score (nSPS) is 20.0. The third-order valence-electron chi connectivity index (χ3n) is 4.73. The van der Waals surface area contributed by atoms with Gasteiger partial charge >= 0.3 is 0 Å². The van der Waals surface area contributed by atoms with Crippen molar-refractivity contribution in [3.8, 4) is 0 Å². The Bertz CT molecular complexity index is 867. The number of benzene rings is 2. The largest absolute Gasteiger partial charge is 0.360 e. The highest BCUT2D eigenvalue weighted by molar-refractivity contribution is 5.87. The Kier molecular flexibility index (Phi) is 4.24. The smallest absolute Gasteiger partial charge is 0.256 e. The molecule has 2 aromatic carbocycles. The number of para-hydroxylation sites is 1. The van der Waals surface area contributed by atoms with Crippen molar-refractivity contribution >= 4 is 16.9 Å². The van der Waals surface area contributed by atoms with Crippen LogP contribution in [0, 0.1) is 0 Å². The number of amides is 1. The number of nitrogens with one attached hydrogen (secondary N) is 1. The summed E-state index contributed by atoms with van der Waals surface area (Å²) in [7, 11) is 0. The standard InChI is InChI=1S/C20H20N2O3/c23-19(20(12-6-14-24-20)15-7-2-1-3-8-15)21-13-11-17-16-9-4-5-10-18(16)25-22-17/h1-5,7-10H,6,11-14H2,(H,21,23). The van der Waals surface area contributed by atoms with Gasteiger partial charge in [0.1, 0.15) is 0 Å². The Morgan fingerprint density at radius 2 is 1.92 bits per heavy atom. The van der Waals surface area contributed by atoms with Gasteiger partial charge in [-0.15, -0.1) is 0 Å². The zero-order valence-electron chi connectivity index (χ0n) is 13.9. The number of carbonyl (C=O) groups excluding carboxylic acids is 1. The Balaban J connectivity index is 1.46. The predicted molar refractivity (Wildman–Crippen MR) is 94.0 cm³/mol. The minimum absolute atomic E-state index is 0.0796. The number of hydrogen-bond acceptors (Lipinski definition) is 4. The number of carbonyl (C=O) groups is 1. The highest BCUT2D eigenvalue weighted by atomic mass is 16.5. The third kappa shape index (κ3) is 2.91. The Hall–Kier alpha value is -2.66. The molecule has 1 N–H and O–H groups in total. The van der Waals surface area contributed by atoms with Crippen molar-refractivity contribution in [2.75, 3.05) is 13.2 Å². The SMILES string of the molecule is O=C(NCCc1noc2ccccc12)C1(c2ccccc2)CCCO1. The van der Waals surface area contributed by atoms with E-state index in [2.05, 4.69) is 10.5 Å². The molecule has 1 aliphatic heterocycles. The van der Waals surface area contributed by atoms with Crippen molar-refractivity contribution in [2.45, 2.75) is 24.9 Å². The minimum atomic E-state index is -0.868. The number of nitrogens with zero attached hydrogens (tertiary/aromatic N) is 1. The fourth-order valence-corrected chi connectivity index (χ4v) is 3.44. The molecule has 1 aromatic heterocycles. The van der Waals surface area contributed by atoms with Crippen LogP contribution in [0.4, 0.5) is 0 Å². The van der Waals surface area contributed by atoms with Crippen LogP contribution in [-0.2, 0) is 21.6 Å². The molecule has 0 saturated carbocycles. The fourth-order valence-electron chi connectivity index (χ4n) is 3.44. The molecule has 0 bridgehead atoms. The molecule has 5 heteroatoms. The minimum Gasteiger partial charge on any atom is -0.360 e. The molecule has 0 radical (unpaired) electrons. The predicted octanol–water partition coefficient (Wildman–Crippen LogP) is 3.19. The summed E-state index contributed by atoms with van der Waals surface area (Å²) in [5.41, 5.74) is 1.67. The van der Waals surface area contributed by atoms with Crippen LogP contribution in [0.5, 0.6) is 0 Å². The molecule has 1 unspecified atom stereocenters. The van der Waals surface area contributed by atoms with Gasteiger partial charge in [0, 0.05) is 25.0 Å². The number of hydrogen-bond donors (Lipinski definition) is 1. The van der Waals surface area contributed by atoms with Gasteiger partial charge in [0.2, 0.25) is 0 Å². The molecular weight excluding hydrogens is 316 g/mol. The summed E-state index contributed by atoms with van der Waals surface area (Å²) in [6.45, 7) is 1.10. The average Bonchev–Trinajstić information content (AvgIpc) is 3.31. The summed E-state index contributed by atoms with van der Waals surface area (Å²) < 4.78 is 11.2. The van der Waals surface area contributed by atoms with E-state index in [4.69, 9.17) is 9.26 Å². The fraction of sp³-hybridized carbons (Fsp3) is 0.300. The Morgan fingerprint density at radius 3 is 2.72 bits per heavy atom. The topological polar surface area (TPSA) is 64.4 Å². The molecule has 1 aliphatic rings. The molecule has 3 aromatic rings. The number of fused-ring (bicyclic) bond motifs is 1. The highest BCUT2D eigenvalue weighted by Crippen LogP contribution is 2.36. The third-order valence-corrected chi connectivity index (χ3v) is 4.73. The van der Waals surface area contributed by atoms with Crippen LogP contribution in [0.1, 0.15) is 24.1 Å². The molecule has 0 aliphatic carbocycles. The van der Waals surface area contributed by atoms with E-state index in [1.165, 1.54) is 0 Å². The molecule has 128 valence electrons. The van der Waals surface area contributed by atoms with Gasteiger partial charge in [0.25, 0.3) is 5.91 Å². The molecule has 25 heavy (non-hydrogen) atoms. The van der Waals surface area contributed by atoms with Gasteiger partial charge in [0.15, 0.2) is 11.2 Å². The first-order chi connectivity index (χ1) is 12.3. The number of rotatable bonds is 5. The Morgan fingerprint density at radius 1 is 1.12 bits per heavy atom. The summed E-state index contributed by atoms with van der Waals surface area (Å²) in [4.78, 5) is 12.9. The number of aromatic nitrogens is 1. The first kappa shape index (κ1) is 15.8. The van der Waals surface area contributed by atoms with Crippen molar-refractivity contribution in [3.05, 3.63) is 65.9 Å². The van der Waals surface area contributed by atoms with Crippen molar-refractivity contribution in [1.29, 1.82) is 0 Å². The van der Waals surface area contributed by atoms with Crippen LogP contribution in [-0.4, -0.2) is 24.2 Å². The second kappa shape index (κ2) is 6.69. The molecule has 0 spiro atoms. The van der Waals surface area contributed by atoms with E-state index >= 15 is 0 Å². The van der Waals surface area contributed by atoms with Gasteiger partial charge in [-0.3, -0.25) is 4.79 Å². The van der Waals surface area contributed by atoms with Gasteiger partial charge in [-0.1, -0.05) is 47.6 Å². The molecular formula is C20H20N2O3. The average molecular weight is 336 g/mol. The Labute approximate surface area is 146 Å². The molecule has 4 rings (SSSR count). The van der Waals surface area contributed by atoms with Crippen LogP contribution < -0.4 is 5.32 Å². The lowest BCUT2D eigenvalue weighted by molar-refractivity contribution is -0.142. The van der Waals surface area contributed by atoms with E-state index in [0.29, 0.717) is 26.0 Å². The molecule has 1 amide bonds. The maximum atomic E-state index is 12.9. The molecule has 5 nitrogen and oxygen atoms in total. The molecule has 1 fully saturated rings. The van der Waals surface area contributed by atoms with Gasteiger partial charge in [-0.25, -0.2) is 0 Å². The molecule has 1 saturated heterocycles. The van der Waals surface area contributed by atoms with Crippen molar-refractivity contribution < 1.29 is 14.1 Å². The van der Waals surface area contributed by atoms with E-state index < -0.39 is 5.60 Å². The summed E-state index contributed by atoms with van der Waals surface area (Å²) in [5, 5.41) is 8.12. The lowest BCUT2D eigenvalue weighted by atomic mass is 9.90. The molecule has 1 atom stereocenters. The van der Waals surface area contributed by atoms with Crippen molar-refractivity contribution in [3.63, 3.8) is 0 Å². The molecule has 2 heterocycles. The summed E-state index contributed by atoms with van der Waals surface area (Å²) in [6, 6.07) is 17.5. The van der Waals surface area contributed by atoms with Gasteiger partial charge in [-0.2, -0.15) is 0 Å². The zero-order chi connectivity index (χ0) is 17.1. The highest BCUT2D eigenvalue weighted by Gasteiger charge is 2.44. The lowest BCUT2D eigenvalue weighted by Gasteiger charge is -2.27. The first-order valence-electron chi connectivity index (χ1n) is 8.61. The van der Waals surface area contributed by atoms with Gasteiger partial charge in [-0.05, 0) is 30.5 Å².